The van der Waals surface area contributed by atoms with Gasteiger partial charge in [-0.3, -0.25) is 0 Å². The van der Waals surface area contributed by atoms with Crippen LogP contribution in [-0.2, 0) is 17.7 Å². The summed E-state index contributed by atoms with van der Waals surface area (Å²) in [4.78, 5) is 9.00. The fourth-order valence-corrected chi connectivity index (χ4v) is 3.03. The standard InChI is InChI=1S/C18H22N4O2/c1-3-15(24-16-6-9-23-10-7-16)4-2-14(1)21-18-20-11-13-5-8-19-12-17(13)22-18/h1-4,11,16,19H,5-10,12H2,(H,20,21,22). The molecule has 0 radical (unpaired) electrons. The number of ether oxygens (including phenoxy) is 2. The van der Waals surface area contributed by atoms with E-state index in [4.69, 9.17) is 9.47 Å². The van der Waals surface area contributed by atoms with Crippen molar-refractivity contribution in [3.05, 3.63) is 41.7 Å². The monoisotopic (exact) mass is 326 g/mol. The minimum absolute atomic E-state index is 0.258. The van der Waals surface area contributed by atoms with Crippen molar-refractivity contribution < 1.29 is 9.47 Å². The highest BCUT2D eigenvalue weighted by molar-refractivity contribution is 5.54. The zero-order chi connectivity index (χ0) is 16.2. The average molecular weight is 326 g/mol. The molecule has 6 heteroatoms. The molecular formula is C18H22N4O2. The maximum absolute atomic E-state index is 5.99. The predicted octanol–water partition coefficient (Wildman–Crippen LogP) is 2.42. The van der Waals surface area contributed by atoms with Gasteiger partial charge in [0, 0.05) is 31.3 Å². The molecular weight excluding hydrogens is 304 g/mol. The van der Waals surface area contributed by atoms with Crippen LogP contribution < -0.4 is 15.4 Å². The molecule has 2 N–H and O–H groups in total. The van der Waals surface area contributed by atoms with Gasteiger partial charge in [0.15, 0.2) is 0 Å². The maximum atomic E-state index is 5.99. The van der Waals surface area contributed by atoms with E-state index in [1.165, 1.54) is 5.56 Å². The molecule has 1 saturated heterocycles. The van der Waals surface area contributed by atoms with Gasteiger partial charge in [-0.25, -0.2) is 9.97 Å². The molecule has 0 saturated carbocycles. The van der Waals surface area contributed by atoms with Gasteiger partial charge < -0.3 is 20.1 Å². The van der Waals surface area contributed by atoms with E-state index in [0.717, 1.165) is 62.7 Å². The summed E-state index contributed by atoms with van der Waals surface area (Å²) in [5, 5.41) is 6.59. The molecule has 0 aliphatic carbocycles. The fourth-order valence-electron chi connectivity index (χ4n) is 3.03. The number of fused-ring (bicyclic) bond motifs is 1. The van der Waals surface area contributed by atoms with Gasteiger partial charge in [-0.2, -0.15) is 0 Å². The number of nitrogens with one attached hydrogen (secondary N) is 2. The number of rotatable bonds is 4. The van der Waals surface area contributed by atoms with Crippen LogP contribution in [0.2, 0.25) is 0 Å². The van der Waals surface area contributed by atoms with E-state index in [-0.39, 0.29) is 6.10 Å². The van der Waals surface area contributed by atoms with Gasteiger partial charge in [-0.05, 0) is 42.8 Å². The number of anilines is 2. The van der Waals surface area contributed by atoms with Gasteiger partial charge >= 0.3 is 0 Å². The lowest BCUT2D eigenvalue weighted by atomic mass is 10.1. The van der Waals surface area contributed by atoms with Crippen LogP contribution in [0.3, 0.4) is 0 Å². The minimum atomic E-state index is 0.258. The normalized spacial score (nSPS) is 18.0. The summed E-state index contributed by atoms with van der Waals surface area (Å²) in [6, 6.07) is 7.96. The molecule has 0 atom stereocenters. The van der Waals surface area contributed by atoms with Gasteiger partial charge in [-0.15, -0.1) is 0 Å². The zero-order valence-electron chi connectivity index (χ0n) is 13.6. The van der Waals surface area contributed by atoms with E-state index < -0.39 is 0 Å². The summed E-state index contributed by atoms with van der Waals surface area (Å²) in [6.45, 7) is 3.38. The Morgan fingerprint density at radius 2 is 2.00 bits per heavy atom. The molecule has 2 aromatic rings. The van der Waals surface area contributed by atoms with E-state index in [9.17, 15) is 0 Å². The van der Waals surface area contributed by atoms with Crippen molar-refractivity contribution in [1.82, 2.24) is 15.3 Å². The first-order valence-electron chi connectivity index (χ1n) is 8.54. The lowest BCUT2D eigenvalue weighted by molar-refractivity contribution is 0.0256. The third-order valence-corrected chi connectivity index (χ3v) is 4.40. The van der Waals surface area contributed by atoms with Crippen LogP contribution in [-0.4, -0.2) is 35.8 Å². The van der Waals surface area contributed by atoms with Crippen molar-refractivity contribution >= 4 is 11.6 Å². The van der Waals surface area contributed by atoms with Gasteiger partial charge in [0.25, 0.3) is 0 Å². The molecule has 0 spiro atoms. The maximum Gasteiger partial charge on any atom is 0.227 e. The smallest absolute Gasteiger partial charge is 0.227 e. The SMILES string of the molecule is c1cc(OC2CCOCC2)ccc1Nc1ncc2c(n1)CNCC2. The second-order valence-electron chi connectivity index (χ2n) is 6.17. The van der Waals surface area contributed by atoms with E-state index in [0.29, 0.717) is 5.95 Å². The van der Waals surface area contributed by atoms with E-state index >= 15 is 0 Å². The molecule has 2 aliphatic rings. The molecule has 0 bridgehead atoms. The molecule has 0 amide bonds. The highest BCUT2D eigenvalue weighted by Crippen LogP contribution is 2.22. The predicted molar refractivity (Wildman–Crippen MR) is 91.6 cm³/mol. The molecule has 2 aliphatic heterocycles. The van der Waals surface area contributed by atoms with E-state index in [1.54, 1.807) is 0 Å². The molecule has 1 aromatic carbocycles. The number of nitrogens with zero attached hydrogens (tertiary/aromatic N) is 2. The third-order valence-electron chi connectivity index (χ3n) is 4.40. The van der Waals surface area contributed by atoms with Crippen molar-refractivity contribution in [3.63, 3.8) is 0 Å². The molecule has 3 heterocycles. The fraction of sp³-hybridized carbons (Fsp3) is 0.444. The van der Waals surface area contributed by atoms with Crippen molar-refractivity contribution in [2.45, 2.75) is 31.9 Å². The number of aromatic nitrogens is 2. The summed E-state index contributed by atoms with van der Waals surface area (Å²) in [7, 11) is 0. The summed E-state index contributed by atoms with van der Waals surface area (Å²) in [6.07, 6.45) is 5.09. The average Bonchev–Trinajstić information content (AvgIpc) is 2.64. The largest absolute Gasteiger partial charge is 0.490 e. The highest BCUT2D eigenvalue weighted by atomic mass is 16.5. The van der Waals surface area contributed by atoms with Crippen molar-refractivity contribution in [1.29, 1.82) is 0 Å². The second kappa shape index (κ2) is 7.15. The first-order valence-corrected chi connectivity index (χ1v) is 8.54. The van der Waals surface area contributed by atoms with E-state index in [1.807, 2.05) is 30.5 Å². The molecule has 4 rings (SSSR count). The van der Waals surface area contributed by atoms with Crippen LogP contribution in [0.4, 0.5) is 11.6 Å². The number of hydrogen-bond acceptors (Lipinski definition) is 6. The van der Waals surface area contributed by atoms with Crippen molar-refractivity contribution in [2.24, 2.45) is 0 Å². The summed E-state index contributed by atoms with van der Waals surface area (Å²) in [5.74, 6) is 1.53. The summed E-state index contributed by atoms with van der Waals surface area (Å²) in [5.41, 5.74) is 3.27. The van der Waals surface area contributed by atoms with Crippen LogP contribution in [0.15, 0.2) is 30.5 Å². The van der Waals surface area contributed by atoms with Crippen LogP contribution in [0.5, 0.6) is 5.75 Å². The lowest BCUT2D eigenvalue weighted by Crippen LogP contribution is -2.25. The molecule has 0 unspecified atom stereocenters. The Balaban J connectivity index is 1.39. The highest BCUT2D eigenvalue weighted by Gasteiger charge is 2.15. The Hall–Kier alpha value is -2.18. The Morgan fingerprint density at radius 3 is 2.83 bits per heavy atom. The first kappa shape index (κ1) is 15.4. The van der Waals surface area contributed by atoms with Crippen LogP contribution in [0, 0.1) is 0 Å². The second-order valence-corrected chi connectivity index (χ2v) is 6.17. The quantitative estimate of drug-likeness (QED) is 0.899. The van der Waals surface area contributed by atoms with E-state index in [2.05, 4.69) is 20.6 Å². The van der Waals surface area contributed by atoms with Gasteiger partial charge in [0.1, 0.15) is 11.9 Å². The van der Waals surface area contributed by atoms with Crippen LogP contribution in [0.25, 0.3) is 0 Å². The minimum Gasteiger partial charge on any atom is -0.490 e. The molecule has 1 fully saturated rings. The van der Waals surface area contributed by atoms with Crippen molar-refractivity contribution in [3.8, 4) is 5.75 Å². The Bertz CT molecular complexity index is 684. The van der Waals surface area contributed by atoms with Gasteiger partial charge in [0.05, 0.1) is 18.9 Å². The molecule has 126 valence electrons. The molecule has 6 nitrogen and oxygen atoms in total. The van der Waals surface area contributed by atoms with Crippen LogP contribution >= 0.6 is 0 Å². The third kappa shape index (κ3) is 3.66. The van der Waals surface area contributed by atoms with Gasteiger partial charge in [0.2, 0.25) is 5.95 Å². The van der Waals surface area contributed by atoms with Crippen LogP contribution in [0.1, 0.15) is 24.1 Å². The Morgan fingerprint density at radius 1 is 1.17 bits per heavy atom. The topological polar surface area (TPSA) is 68.3 Å². The lowest BCUT2D eigenvalue weighted by Gasteiger charge is -2.23. The number of hydrogen-bond donors (Lipinski definition) is 2. The number of benzene rings is 1. The zero-order valence-corrected chi connectivity index (χ0v) is 13.6. The summed E-state index contributed by atoms with van der Waals surface area (Å²) >= 11 is 0. The van der Waals surface area contributed by atoms with Gasteiger partial charge in [-0.1, -0.05) is 0 Å². The summed E-state index contributed by atoms with van der Waals surface area (Å²) < 4.78 is 11.3. The molecule has 1 aromatic heterocycles. The molecule has 24 heavy (non-hydrogen) atoms. The first-order chi connectivity index (χ1) is 11.9. The Kier molecular flexibility index (Phi) is 4.57. The van der Waals surface area contributed by atoms with Crippen molar-refractivity contribution in [2.75, 3.05) is 25.1 Å². The Labute approximate surface area is 141 Å².